The highest BCUT2D eigenvalue weighted by atomic mass is 16.5. The molecule has 0 saturated heterocycles. The Kier molecular flexibility index (Phi) is 7.38. The standard InChI is InChI=1S/C24H25NO7/c1-28-17-13-20(29-2)18(21(14-17)30-3)12-16-10-11-19(32-16)23(26)25-22(24(27)31-4)15-8-6-5-7-9-15/h5-11,13-14,22H,12H2,1-4H3,(H,25,26)/t22-/m0/s1. The van der Waals surface area contributed by atoms with E-state index in [-0.39, 0.29) is 5.76 Å². The van der Waals surface area contributed by atoms with Crippen LogP contribution in [0.1, 0.15) is 33.5 Å². The first-order chi connectivity index (χ1) is 15.5. The van der Waals surface area contributed by atoms with Crippen LogP contribution in [0.3, 0.4) is 0 Å². The van der Waals surface area contributed by atoms with Gasteiger partial charge in [0.25, 0.3) is 5.91 Å². The van der Waals surface area contributed by atoms with Crippen LogP contribution in [0.15, 0.2) is 59.0 Å². The summed E-state index contributed by atoms with van der Waals surface area (Å²) in [6.07, 6.45) is 0.322. The fourth-order valence-corrected chi connectivity index (χ4v) is 3.27. The molecule has 1 atom stereocenters. The number of hydrogen-bond donors (Lipinski definition) is 1. The summed E-state index contributed by atoms with van der Waals surface area (Å²) in [5, 5.41) is 2.66. The number of amides is 1. The molecule has 0 spiro atoms. The van der Waals surface area contributed by atoms with E-state index in [1.54, 1.807) is 69.9 Å². The summed E-state index contributed by atoms with van der Waals surface area (Å²) < 4.78 is 26.8. The van der Waals surface area contributed by atoms with E-state index in [1.165, 1.54) is 7.11 Å². The second-order valence-electron chi connectivity index (χ2n) is 6.79. The van der Waals surface area contributed by atoms with E-state index in [4.69, 9.17) is 23.4 Å². The van der Waals surface area contributed by atoms with E-state index in [1.807, 2.05) is 6.07 Å². The lowest BCUT2D eigenvalue weighted by atomic mass is 10.1. The van der Waals surface area contributed by atoms with Crippen molar-refractivity contribution in [3.63, 3.8) is 0 Å². The molecule has 32 heavy (non-hydrogen) atoms. The molecule has 0 fully saturated rings. The van der Waals surface area contributed by atoms with Crippen LogP contribution >= 0.6 is 0 Å². The van der Waals surface area contributed by atoms with Gasteiger partial charge in [-0.25, -0.2) is 4.79 Å². The fraction of sp³-hybridized carbons (Fsp3) is 0.250. The van der Waals surface area contributed by atoms with Crippen molar-refractivity contribution in [1.29, 1.82) is 0 Å². The van der Waals surface area contributed by atoms with Crippen molar-refractivity contribution in [3.05, 3.63) is 77.2 Å². The summed E-state index contributed by atoms with van der Waals surface area (Å²) >= 11 is 0. The minimum atomic E-state index is -0.955. The quantitative estimate of drug-likeness (QED) is 0.510. The van der Waals surface area contributed by atoms with E-state index in [2.05, 4.69) is 5.32 Å². The van der Waals surface area contributed by atoms with Crippen molar-refractivity contribution in [1.82, 2.24) is 5.32 Å². The molecule has 3 aromatic rings. The number of benzene rings is 2. The maximum Gasteiger partial charge on any atom is 0.333 e. The maximum atomic E-state index is 12.8. The van der Waals surface area contributed by atoms with Gasteiger partial charge < -0.3 is 28.7 Å². The SMILES string of the molecule is COC(=O)[C@@H](NC(=O)c1ccc(Cc2c(OC)cc(OC)cc2OC)o1)c1ccccc1. The number of rotatable bonds is 9. The van der Waals surface area contributed by atoms with Crippen LogP contribution in [0.4, 0.5) is 0 Å². The Balaban J connectivity index is 1.81. The highest BCUT2D eigenvalue weighted by molar-refractivity contribution is 5.94. The van der Waals surface area contributed by atoms with E-state index in [9.17, 15) is 9.59 Å². The van der Waals surface area contributed by atoms with Crippen molar-refractivity contribution < 1.29 is 33.0 Å². The molecule has 0 bridgehead atoms. The second-order valence-corrected chi connectivity index (χ2v) is 6.79. The number of furan rings is 1. The molecular formula is C24H25NO7. The normalized spacial score (nSPS) is 11.4. The second kappa shape index (κ2) is 10.4. The number of hydrogen-bond acceptors (Lipinski definition) is 7. The minimum absolute atomic E-state index is 0.0660. The Bertz CT molecular complexity index is 1050. The van der Waals surface area contributed by atoms with Gasteiger partial charge >= 0.3 is 5.97 Å². The summed E-state index contributed by atoms with van der Waals surface area (Å²) in [6.45, 7) is 0. The highest BCUT2D eigenvalue weighted by Crippen LogP contribution is 2.35. The topological polar surface area (TPSA) is 96.2 Å². The zero-order valence-electron chi connectivity index (χ0n) is 18.3. The van der Waals surface area contributed by atoms with Crippen LogP contribution in [0.5, 0.6) is 17.2 Å². The number of carbonyl (C=O) groups is 2. The van der Waals surface area contributed by atoms with E-state index in [0.29, 0.717) is 35.0 Å². The average molecular weight is 439 g/mol. The van der Waals surface area contributed by atoms with E-state index < -0.39 is 17.9 Å². The van der Waals surface area contributed by atoms with Crippen molar-refractivity contribution in [2.24, 2.45) is 0 Å². The predicted molar refractivity (Wildman–Crippen MR) is 116 cm³/mol. The van der Waals surface area contributed by atoms with Crippen LogP contribution in [-0.2, 0) is 16.0 Å². The first-order valence-corrected chi connectivity index (χ1v) is 9.82. The van der Waals surface area contributed by atoms with Crippen LogP contribution in [0.2, 0.25) is 0 Å². The Labute approximate surface area is 186 Å². The van der Waals surface area contributed by atoms with E-state index in [0.717, 1.165) is 5.56 Å². The lowest BCUT2D eigenvalue weighted by Crippen LogP contribution is -2.34. The first-order valence-electron chi connectivity index (χ1n) is 9.82. The summed E-state index contributed by atoms with van der Waals surface area (Å²) in [5.41, 5.74) is 1.35. The molecule has 0 unspecified atom stereocenters. The van der Waals surface area contributed by atoms with Crippen molar-refractivity contribution >= 4 is 11.9 Å². The van der Waals surface area contributed by atoms with Gasteiger partial charge in [0.2, 0.25) is 0 Å². The summed E-state index contributed by atoms with van der Waals surface area (Å²) in [5.74, 6) is 1.20. The number of methoxy groups -OCH3 is 4. The predicted octanol–water partition coefficient (Wildman–Crippen LogP) is 3.54. The smallest absolute Gasteiger partial charge is 0.333 e. The molecule has 1 N–H and O–H groups in total. The number of nitrogens with one attached hydrogen (secondary N) is 1. The van der Waals surface area contributed by atoms with Crippen molar-refractivity contribution in [3.8, 4) is 17.2 Å². The monoisotopic (exact) mass is 439 g/mol. The molecule has 8 nitrogen and oxygen atoms in total. The van der Waals surface area contributed by atoms with Gasteiger partial charge in [0, 0.05) is 24.1 Å². The third-order valence-electron chi connectivity index (χ3n) is 4.90. The molecule has 168 valence electrons. The van der Waals surface area contributed by atoms with Gasteiger partial charge in [-0.2, -0.15) is 0 Å². The molecule has 0 aliphatic carbocycles. The maximum absolute atomic E-state index is 12.8. The fourth-order valence-electron chi connectivity index (χ4n) is 3.27. The van der Waals surface area contributed by atoms with Crippen molar-refractivity contribution in [2.75, 3.05) is 28.4 Å². The Morgan fingerprint density at radius 2 is 1.56 bits per heavy atom. The molecule has 0 aliphatic rings. The molecule has 0 aliphatic heterocycles. The van der Waals surface area contributed by atoms with Crippen LogP contribution in [-0.4, -0.2) is 40.3 Å². The van der Waals surface area contributed by atoms with Gasteiger partial charge in [0.15, 0.2) is 11.8 Å². The first kappa shape index (κ1) is 22.7. The molecule has 3 rings (SSSR count). The zero-order valence-corrected chi connectivity index (χ0v) is 18.3. The van der Waals surface area contributed by atoms with Gasteiger partial charge in [-0.05, 0) is 17.7 Å². The number of carbonyl (C=O) groups excluding carboxylic acids is 2. The molecule has 1 amide bonds. The number of ether oxygens (including phenoxy) is 4. The largest absolute Gasteiger partial charge is 0.496 e. The van der Waals surface area contributed by atoms with Crippen LogP contribution < -0.4 is 19.5 Å². The van der Waals surface area contributed by atoms with Crippen LogP contribution in [0, 0.1) is 0 Å². The van der Waals surface area contributed by atoms with Crippen molar-refractivity contribution in [2.45, 2.75) is 12.5 Å². The van der Waals surface area contributed by atoms with Gasteiger partial charge in [-0.1, -0.05) is 30.3 Å². The van der Waals surface area contributed by atoms with Gasteiger partial charge in [0.05, 0.1) is 28.4 Å². The lowest BCUT2D eigenvalue weighted by molar-refractivity contribution is -0.143. The molecule has 1 aromatic heterocycles. The summed E-state index contributed by atoms with van der Waals surface area (Å²) in [4.78, 5) is 25.0. The van der Waals surface area contributed by atoms with Crippen LogP contribution in [0.25, 0.3) is 0 Å². The Hall–Kier alpha value is -3.94. The Morgan fingerprint density at radius 3 is 2.12 bits per heavy atom. The average Bonchev–Trinajstić information content (AvgIpc) is 3.31. The third kappa shape index (κ3) is 5.03. The van der Waals surface area contributed by atoms with Gasteiger partial charge in [-0.3, -0.25) is 4.79 Å². The molecule has 8 heteroatoms. The van der Waals surface area contributed by atoms with Gasteiger partial charge in [0.1, 0.15) is 23.0 Å². The Morgan fingerprint density at radius 1 is 0.906 bits per heavy atom. The van der Waals surface area contributed by atoms with E-state index >= 15 is 0 Å². The summed E-state index contributed by atoms with van der Waals surface area (Å²) in [6, 6.07) is 14.6. The molecule has 1 heterocycles. The summed E-state index contributed by atoms with van der Waals surface area (Å²) in [7, 11) is 5.93. The van der Waals surface area contributed by atoms with Gasteiger partial charge in [-0.15, -0.1) is 0 Å². The molecule has 0 radical (unpaired) electrons. The minimum Gasteiger partial charge on any atom is -0.496 e. The molecule has 0 saturated carbocycles. The third-order valence-corrected chi connectivity index (χ3v) is 4.90. The highest BCUT2D eigenvalue weighted by Gasteiger charge is 2.25. The molecule has 2 aromatic carbocycles. The molecular weight excluding hydrogens is 414 g/mol. The zero-order chi connectivity index (χ0) is 23.1. The lowest BCUT2D eigenvalue weighted by Gasteiger charge is -2.16. The number of esters is 1.